The molecule has 3 aliphatic rings. The molecule has 0 aromatic heterocycles. The van der Waals surface area contributed by atoms with E-state index in [0.717, 1.165) is 24.8 Å². The van der Waals surface area contributed by atoms with Crippen molar-refractivity contribution in [3.05, 3.63) is 29.3 Å². The minimum Gasteiger partial charge on any atom is -0.508 e. The summed E-state index contributed by atoms with van der Waals surface area (Å²) in [5.41, 5.74) is 1.41. The van der Waals surface area contributed by atoms with Crippen LogP contribution in [0.25, 0.3) is 0 Å². The summed E-state index contributed by atoms with van der Waals surface area (Å²) < 4.78 is 34.9. The van der Waals surface area contributed by atoms with Gasteiger partial charge in [-0.25, -0.2) is 8.78 Å². The third-order valence-corrected chi connectivity index (χ3v) is 7.77. The molecule has 0 bridgehead atoms. The molecular weight excluding hydrogens is 374 g/mol. The standard InChI is InChI=1S/C22H28F2O3.C2H6/c1-21-10-9-17-16-7-5-15(25)11-13(16)3-6-18(17)20(21)14(12-22(21,23)24)4-8-19(26)27-2;1-2/h5,7,11,14,17-18,20,25H,3-4,6,8-10,12H2,1-2H3;1-2H3. The van der Waals surface area contributed by atoms with Gasteiger partial charge in [-0.3, -0.25) is 4.79 Å². The number of aromatic hydroxyl groups is 1. The van der Waals surface area contributed by atoms with Crippen molar-refractivity contribution in [3.63, 3.8) is 0 Å². The second kappa shape index (κ2) is 8.23. The fourth-order valence-electron chi connectivity index (χ4n) is 6.49. The number of halogens is 2. The number of carbonyl (C=O) groups excluding carboxylic acids is 1. The molecule has 5 unspecified atom stereocenters. The lowest BCUT2D eigenvalue weighted by Gasteiger charge is -2.51. The smallest absolute Gasteiger partial charge is 0.305 e. The molecule has 0 aliphatic heterocycles. The molecule has 5 atom stereocenters. The van der Waals surface area contributed by atoms with E-state index in [2.05, 4.69) is 0 Å². The molecule has 1 aromatic carbocycles. The summed E-state index contributed by atoms with van der Waals surface area (Å²) in [4.78, 5) is 11.6. The maximum atomic E-state index is 15.1. The molecule has 0 amide bonds. The van der Waals surface area contributed by atoms with Crippen LogP contribution in [0.4, 0.5) is 8.78 Å². The van der Waals surface area contributed by atoms with Crippen LogP contribution in [0, 0.1) is 23.2 Å². The van der Waals surface area contributed by atoms with Gasteiger partial charge in [-0.2, -0.15) is 0 Å². The predicted molar refractivity (Wildman–Crippen MR) is 109 cm³/mol. The van der Waals surface area contributed by atoms with Crippen LogP contribution in [-0.4, -0.2) is 24.1 Å². The van der Waals surface area contributed by atoms with Gasteiger partial charge in [0.2, 0.25) is 0 Å². The van der Waals surface area contributed by atoms with Crippen molar-refractivity contribution in [1.82, 2.24) is 0 Å². The van der Waals surface area contributed by atoms with Crippen LogP contribution in [0.5, 0.6) is 5.75 Å². The van der Waals surface area contributed by atoms with Gasteiger partial charge in [0.1, 0.15) is 5.75 Å². The van der Waals surface area contributed by atoms with Crippen LogP contribution in [0.2, 0.25) is 0 Å². The molecule has 4 rings (SSSR count). The molecule has 3 nitrogen and oxygen atoms in total. The van der Waals surface area contributed by atoms with E-state index in [-0.39, 0.29) is 48.2 Å². The van der Waals surface area contributed by atoms with Crippen LogP contribution >= 0.6 is 0 Å². The van der Waals surface area contributed by atoms with Gasteiger partial charge in [0, 0.05) is 18.3 Å². The number of hydrogen-bond acceptors (Lipinski definition) is 3. The van der Waals surface area contributed by atoms with Crippen molar-refractivity contribution in [2.75, 3.05) is 7.11 Å². The van der Waals surface area contributed by atoms with E-state index in [1.807, 2.05) is 26.0 Å². The number of esters is 1. The van der Waals surface area contributed by atoms with Crippen LogP contribution in [0.1, 0.15) is 76.3 Å². The lowest BCUT2D eigenvalue weighted by molar-refractivity contribution is -0.141. The molecule has 0 radical (unpaired) electrons. The highest BCUT2D eigenvalue weighted by atomic mass is 19.3. The normalized spacial score (nSPS) is 34.1. The molecule has 1 aromatic rings. The molecule has 162 valence electrons. The molecule has 2 fully saturated rings. The van der Waals surface area contributed by atoms with Gasteiger partial charge in [0.25, 0.3) is 5.92 Å². The fourth-order valence-corrected chi connectivity index (χ4v) is 6.49. The molecular formula is C24H34F2O3. The summed E-state index contributed by atoms with van der Waals surface area (Å²) in [6.07, 6.45) is 3.57. The Morgan fingerprint density at radius 1 is 1.28 bits per heavy atom. The first kappa shape index (κ1) is 22.0. The van der Waals surface area contributed by atoms with Gasteiger partial charge in [-0.1, -0.05) is 26.8 Å². The first-order valence-corrected chi connectivity index (χ1v) is 11.0. The molecule has 0 saturated heterocycles. The van der Waals surface area contributed by atoms with Gasteiger partial charge in [0.05, 0.1) is 7.11 Å². The van der Waals surface area contributed by atoms with E-state index in [1.54, 1.807) is 13.0 Å². The average molecular weight is 409 g/mol. The van der Waals surface area contributed by atoms with Gasteiger partial charge >= 0.3 is 5.97 Å². The van der Waals surface area contributed by atoms with E-state index < -0.39 is 11.3 Å². The zero-order valence-corrected chi connectivity index (χ0v) is 18.0. The number of phenols is 1. The number of fused-ring (bicyclic) bond motifs is 5. The Morgan fingerprint density at radius 2 is 2.00 bits per heavy atom. The molecule has 29 heavy (non-hydrogen) atoms. The van der Waals surface area contributed by atoms with Crippen LogP contribution in [0.15, 0.2) is 18.2 Å². The number of rotatable bonds is 3. The highest BCUT2D eigenvalue weighted by molar-refractivity contribution is 5.69. The Morgan fingerprint density at radius 3 is 2.69 bits per heavy atom. The lowest BCUT2D eigenvalue weighted by atomic mass is 9.53. The Hall–Kier alpha value is -1.65. The average Bonchev–Trinajstić information content (AvgIpc) is 2.92. The molecule has 1 N–H and O–H groups in total. The molecule has 2 saturated carbocycles. The number of methoxy groups -OCH3 is 1. The van der Waals surface area contributed by atoms with Crippen LogP contribution in [0.3, 0.4) is 0 Å². The topological polar surface area (TPSA) is 46.5 Å². The molecule has 3 aliphatic carbocycles. The van der Waals surface area contributed by atoms with E-state index in [1.165, 1.54) is 12.7 Å². The van der Waals surface area contributed by atoms with E-state index >= 15 is 8.78 Å². The Labute approximate surface area is 172 Å². The summed E-state index contributed by atoms with van der Waals surface area (Å²) in [6, 6.07) is 5.53. The van der Waals surface area contributed by atoms with Crippen molar-refractivity contribution in [3.8, 4) is 5.75 Å². The van der Waals surface area contributed by atoms with E-state index in [0.29, 0.717) is 12.8 Å². The van der Waals surface area contributed by atoms with Crippen molar-refractivity contribution in [1.29, 1.82) is 0 Å². The first-order chi connectivity index (χ1) is 13.8. The SMILES string of the molecule is CC.COC(=O)CCC1CC(F)(F)C2(C)CCC3c4ccc(O)cc4CCC3C12. The highest BCUT2D eigenvalue weighted by Crippen LogP contribution is 2.68. The minimum atomic E-state index is -2.68. The third kappa shape index (κ3) is 3.66. The maximum Gasteiger partial charge on any atom is 0.305 e. The van der Waals surface area contributed by atoms with Crippen LogP contribution < -0.4 is 0 Å². The lowest BCUT2D eigenvalue weighted by Crippen LogP contribution is -2.47. The predicted octanol–water partition coefficient (Wildman–Crippen LogP) is 6.09. The third-order valence-electron chi connectivity index (χ3n) is 7.77. The Kier molecular flexibility index (Phi) is 6.26. The van der Waals surface area contributed by atoms with Crippen molar-refractivity contribution in [2.45, 2.75) is 77.6 Å². The van der Waals surface area contributed by atoms with E-state index in [9.17, 15) is 9.90 Å². The largest absolute Gasteiger partial charge is 0.508 e. The number of ether oxygens (including phenoxy) is 1. The summed E-state index contributed by atoms with van der Waals surface area (Å²) in [6.45, 7) is 5.78. The number of aryl methyl sites for hydroxylation is 1. The Balaban J connectivity index is 0.00000117. The highest BCUT2D eigenvalue weighted by Gasteiger charge is 2.67. The summed E-state index contributed by atoms with van der Waals surface area (Å²) in [5.74, 6) is -2.44. The first-order valence-electron chi connectivity index (χ1n) is 11.0. The van der Waals surface area contributed by atoms with E-state index in [4.69, 9.17) is 4.74 Å². The second-order valence-electron chi connectivity index (χ2n) is 8.96. The monoisotopic (exact) mass is 408 g/mol. The molecule has 0 heterocycles. The van der Waals surface area contributed by atoms with Gasteiger partial charge in [-0.15, -0.1) is 0 Å². The quantitative estimate of drug-likeness (QED) is 0.616. The zero-order valence-electron chi connectivity index (χ0n) is 18.0. The van der Waals surface area contributed by atoms with Gasteiger partial charge < -0.3 is 9.84 Å². The van der Waals surface area contributed by atoms with Crippen molar-refractivity contribution < 1.29 is 23.4 Å². The van der Waals surface area contributed by atoms with Gasteiger partial charge in [0.15, 0.2) is 0 Å². The second-order valence-corrected chi connectivity index (χ2v) is 8.96. The number of benzene rings is 1. The number of alkyl halides is 2. The number of carbonyl (C=O) groups is 1. The van der Waals surface area contributed by atoms with Crippen molar-refractivity contribution in [2.24, 2.45) is 23.2 Å². The summed E-state index contributed by atoms with van der Waals surface area (Å²) in [5, 5.41) is 9.79. The molecule has 0 spiro atoms. The molecule has 5 heteroatoms. The number of phenolic OH excluding ortho intramolecular Hbond substituents is 1. The number of hydrogen-bond donors (Lipinski definition) is 1. The zero-order chi connectivity index (χ0) is 21.4. The van der Waals surface area contributed by atoms with Crippen LogP contribution in [-0.2, 0) is 16.0 Å². The maximum absolute atomic E-state index is 15.1. The fraction of sp³-hybridized carbons (Fsp3) is 0.708. The summed E-state index contributed by atoms with van der Waals surface area (Å²) >= 11 is 0. The van der Waals surface area contributed by atoms with Crippen molar-refractivity contribution >= 4 is 5.97 Å². The summed E-state index contributed by atoms with van der Waals surface area (Å²) in [7, 11) is 1.35. The Bertz CT molecular complexity index is 748. The van der Waals surface area contributed by atoms with Gasteiger partial charge in [-0.05, 0) is 79.0 Å². The minimum absolute atomic E-state index is 0.0714.